The van der Waals surface area contributed by atoms with Crippen molar-refractivity contribution in [3.8, 4) is 11.5 Å². The molecule has 2 heterocycles. The van der Waals surface area contributed by atoms with Gasteiger partial charge < -0.3 is 14.8 Å². The van der Waals surface area contributed by atoms with Crippen molar-refractivity contribution in [1.82, 2.24) is 15.1 Å². The Morgan fingerprint density at radius 2 is 1.97 bits per heavy atom. The summed E-state index contributed by atoms with van der Waals surface area (Å²) >= 11 is 6.64. The van der Waals surface area contributed by atoms with Crippen molar-refractivity contribution in [2.24, 2.45) is 0 Å². The maximum absolute atomic E-state index is 12.8. The van der Waals surface area contributed by atoms with Crippen LogP contribution in [0, 0.1) is 6.92 Å². The molecule has 2 aromatic carbocycles. The number of benzene rings is 2. The van der Waals surface area contributed by atoms with E-state index >= 15 is 0 Å². The van der Waals surface area contributed by atoms with Gasteiger partial charge in [-0.05, 0) is 43.3 Å². The van der Waals surface area contributed by atoms with Crippen molar-refractivity contribution < 1.29 is 19.1 Å². The Bertz CT molecular complexity index is 1100. The number of carbonyl (C=O) groups excluding carboxylic acids is 2. The van der Waals surface area contributed by atoms with Crippen LogP contribution in [0.5, 0.6) is 11.5 Å². The maximum atomic E-state index is 12.8. The lowest BCUT2D eigenvalue weighted by Gasteiger charge is -2.18. The molecular weight excluding hydrogens is 458 g/mol. The lowest BCUT2D eigenvalue weighted by atomic mass is 10.1. The number of thioether (sulfide) groups is 1. The van der Waals surface area contributed by atoms with Gasteiger partial charge in [-0.15, -0.1) is 0 Å². The Kier molecular flexibility index (Phi) is 7.32. The fourth-order valence-electron chi connectivity index (χ4n) is 3.52. The standard InChI is InChI=1S/C24H25N3O4S2/c1-16-3-5-17(6-4-16)13-26(2)14-22(28)25-9-10-27-23(29)21(33-24(27)32)12-18-7-8-19-20(11-18)31-15-30-19/h3-8,11-12H,9-10,13-15H2,1-2H3,(H,25,28). The Balaban J connectivity index is 1.25. The molecule has 0 radical (unpaired) electrons. The van der Waals surface area contributed by atoms with Crippen LogP contribution in [0.2, 0.25) is 0 Å². The highest BCUT2D eigenvalue weighted by molar-refractivity contribution is 8.26. The SMILES string of the molecule is Cc1ccc(CN(C)CC(=O)NCCN2C(=O)C(=Cc3ccc4c(c3)OCO4)SC2=S)cc1. The Labute approximate surface area is 202 Å². The van der Waals surface area contributed by atoms with Gasteiger partial charge in [-0.2, -0.15) is 0 Å². The minimum atomic E-state index is -0.159. The minimum absolute atomic E-state index is 0.0917. The van der Waals surface area contributed by atoms with E-state index in [1.807, 2.05) is 37.1 Å². The number of carbonyl (C=O) groups is 2. The van der Waals surface area contributed by atoms with Gasteiger partial charge in [0.2, 0.25) is 12.7 Å². The number of hydrogen-bond donors (Lipinski definition) is 1. The average Bonchev–Trinajstić information content (AvgIpc) is 3.34. The van der Waals surface area contributed by atoms with Crippen LogP contribution in [-0.4, -0.2) is 59.4 Å². The van der Waals surface area contributed by atoms with Crippen LogP contribution in [-0.2, 0) is 16.1 Å². The third-order valence-corrected chi connectivity index (χ3v) is 6.59. The fraction of sp³-hybridized carbons (Fsp3) is 0.292. The van der Waals surface area contributed by atoms with E-state index < -0.39 is 0 Å². The van der Waals surface area contributed by atoms with Gasteiger partial charge in [-0.3, -0.25) is 19.4 Å². The molecule has 33 heavy (non-hydrogen) atoms. The number of rotatable bonds is 8. The number of likely N-dealkylation sites (N-methyl/N-ethyl adjacent to an activating group) is 1. The molecule has 0 saturated carbocycles. The number of aryl methyl sites for hydroxylation is 1. The van der Waals surface area contributed by atoms with E-state index in [1.54, 1.807) is 6.08 Å². The van der Waals surface area contributed by atoms with Crippen molar-refractivity contribution in [2.75, 3.05) is 33.5 Å². The summed E-state index contributed by atoms with van der Waals surface area (Å²) in [6.07, 6.45) is 1.79. The first-order valence-corrected chi connectivity index (χ1v) is 11.8. The molecule has 4 rings (SSSR count). The minimum Gasteiger partial charge on any atom is -0.454 e. The van der Waals surface area contributed by atoms with Gasteiger partial charge in [0, 0.05) is 19.6 Å². The second kappa shape index (κ2) is 10.4. The topological polar surface area (TPSA) is 71.1 Å². The van der Waals surface area contributed by atoms with Crippen LogP contribution in [0.1, 0.15) is 16.7 Å². The van der Waals surface area contributed by atoms with E-state index in [1.165, 1.54) is 22.2 Å². The monoisotopic (exact) mass is 483 g/mol. The predicted molar refractivity (Wildman–Crippen MR) is 133 cm³/mol. The van der Waals surface area contributed by atoms with Crippen molar-refractivity contribution in [2.45, 2.75) is 13.5 Å². The summed E-state index contributed by atoms with van der Waals surface area (Å²) in [6.45, 7) is 3.88. The number of fused-ring (bicyclic) bond motifs is 1. The zero-order chi connectivity index (χ0) is 23.4. The molecule has 2 amide bonds. The maximum Gasteiger partial charge on any atom is 0.266 e. The molecule has 0 spiro atoms. The number of nitrogens with zero attached hydrogens (tertiary/aromatic N) is 2. The zero-order valence-electron chi connectivity index (χ0n) is 18.5. The highest BCUT2D eigenvalue weighted by atomic mass is 32.2. The third kappa shape index (κ3) is 5.93. The Morgan fingerprint density at radius 3 is 2.76 bits per heavy atom. The van der Waals surface area contributed by atoms with E-state index in [-0.39, 0.29) is 25.2 Å². The van der Waals surface area contributed by atoms with Crippen LogP contribution < -0.4 is 14.8 Å². The third-order valence-electron chi connectivity index (χ3n) is 5.21. The predicted octanol–water partition coefficient (Wildman–Crippen LogP) is 3.17. The first-order valence-electron chi connectivity index (χ1n) is 10.5. The first kappa shape index (κ1) is 23.3. The molecule has 2 aliphatic heterocycles. The highest BCUT2D eigenvalue weighted by Crippen LogP contribution is 2.36. The van der Waals surface area contributed by atoms with Crippen molar-refractivity contribution in [3.63, 3.8) is 0 Å². The van der Waals surface area contributed by atoms with E-state index in [4.69, 9.17) is 21.7 Å². The van der Waals surface area contributed by atoms with E-state index in [0.29, 0.717) is 40.4 Å². The number of hydrogen-bond acceptors (Lipinski definition) is 7. The molecule has 1 saturated heterocycles. The van der Waals surface area contributed by atoms with E-state index in [9.17, 15) is 9.59 Å². The van der Waals surface area contributed by atoms with Crippen molar-refractivity contribution in [1.29, 1.82) is 0 Å². The van der Waals surface area contributed by atoms with Gasteiger partial charge in [0.15, 0.2) is 11.5 Å². The second-order valence-electron chi connectivity index (χ2n) is 7.95. The fourth-order valence-corrected chi connectivity index (χ4v) is 4.82. The average molecular weight is 484 g/mol. The lowest BCUT2D eigenvalue weighted by molar-refractivity contribution is -0.124. The highest BCUT2D eigenvalue weighted by Gasteiger charge is 2.31. The molecule has 1 fully saturated rings. The summed E-state index contributed by atoms with van der Waals surface area (Å²) in [5, 5.41) is 2.88. The van der Waals surface area contributed by atoms with Gasteiger partial charge in [0.05, 0.1) is 11.4 Å². The van der Waals surface area contributed by atoms with Gasteiger partial charge in [-0.25, -0.2) is 0 Å². The van der Waals surface area contributed by atoms with Gasteiger partial charge in [0.1, 0.15) is 4.32 Å². The Morgan fingerprint density at radius 1 is 1.21 bits per heavy atom. The zero-order valence-corrected chi connectivity index (χ0v) is 20.1. The molecule has 0 aromatic heterocycles. The van der Waals surface area contributed by atoms with Crippen molar-refractivity contribution >= 4 is 46.2 Å². The van der Waals surface area contributed by atoms with Crippen LogP contribution in [0.25, 0.3) is 6.08 Å². The molecule has 7 nitrogen and oxygen atoms in total. The van der Waals surface area contributed by atoms with E-state index in [2.05, 4.69) is 29.6 Å². The van der Waals surface area contributed by atoms with Crippen molar-refractivity contribution in [3.05, 3.63) is 64.1 Å². The second-order valence-corrected chi connectivity index (χ2v) is 9.63. The molecule has 2 aliphatic rings. The molecule has 0 bridgehead atoms. The molecule has 0 atom stereocenters. The number of nitrogens with one attached hydrogen (secondary N) is 1. The van der Waals surface area contributed by atoms with Crippen LogP contribution >= 0.6 is 24.0 Å². The largest absolute Gasteiger partial charge is 0.454 e. The van der Waals surface area contributed by atoms with Gasteiger partial charge in [-0.1, -0.05) is 59.9 Å². The van der Waals surface area contributed by atoms with Gasteiger partial charge >= 0.3 is 0 Å². The van der Waals surface area contributed by atoms with Crippen LogP contribution in [0.15, 0.2) is 47.4 Å². The van der Waals surface area contributed by atoms with Crippen LogP contribution in [0.3, 0.4) is 0 Å². The number of ether oxygens (including phenoxy) is 2. The number of amides is 2. The number of thiocarbonyl (C=S) groups is 1. The summed E-state index contributed by atoms with van der Waals surface area (Å²) < 4.78 is 11.2. The summed E-state index contributed by atoms with van der Waals surface area (Å²) in [5.41, 5.74) is 3.20. The molecule has 9 heteroatoms. The van der Waals surface area contributed by atoms with Crippen LogP contribution in [0.4, 0.5) is 0 Å². The quantitative estimate of drug-likeness (QED) is 0.457. The summed E-state index contributed by atoms with van der Waals surface area (Å²) in [5.74, 6) is 1.11. The molecular formula is C24H25N3O4S2. The summed E-state index contributed by atoms with van der Waals surface area (Å²) in [6, 6.07) is 13.8. The molecule has 0 unspecified atom stereocenters. The summed E-state index contributed by atoms with van der Waals surface area (Å²) in [4.78, 5) is 29.1. The summed E-state index contributed by atoms with van der Waals surface area (Å²) in [7, 11) is 1.91. The molecule has 172 valence electrons. The molecule has 2 aromatic rings. The normalized spacial score (nSPS) is 16.2. The van der Waals surface area contributed by atoms with E-state index in [0.717, 1.165) is 11.1 Å². The van der Waals surface area contributed by atoms with Gasteiger partial charge in [0.25, 0.3) is 5.91 Å². The molecule has 0 aliphatic carbocycles. The first-order chi connectivity index (χ1) is 15.9. The smallest absolute Gasteiger partial charge is 0.266 e. The molecule has 1 N–H and O–H groups in total. The lowest BCUT2D eigenvalue weighted by Crippen LogP contribution is -2.40. The Hall–Kier alpha value is -2.88.